The van der Waals surface area contributed by atoms with Crippen molar-refractivity contribution in [2.24, 2.45) is 15.7 Å². The molecule has 0 bridgehead atoms. The maximum absolute atomic E-state index is 6.98. The third-order valence-corrected chi connectivity index (χ3v) is 9.95. The normalized spacial score (nSPS) is 12.6. The second-order valence-electron chi connectivity index (χ2n) is 13.1. The standard InChI is InChI=1S/C47H31N3O2/c48-46(50-47(34-25-24-31-11-2-4-13-33(31)27-34)49-28-29-22-23-30-10-1-3-12-32(30)26-29)40-19-9-21-42-43(40)39-18-8-17-38(45(39)52-42)37-16-7-15-36-35-14-5-6-20-41(35)51-44(36)37/h1-27H,28H2,(H2,48,49,50). The molecule has 52 heavy (non-hydrogen) atoms. The molecule has 0 aliphatic carbocycles. The molecule has 0 aliphatic heterocycles. The van der Waals surface area contributed by atoms with Crippen LogP contribution in [0.3, 0.4) is 0 Å². The van der Waals surface area contributed by atoms with E-state index in [-0.39, 0.29) is 0 Å². The Kier molecular flexibility index (Phi) is 6.96. The molecule has 5 heteroatoms. The first-order chi connectivity index (χ1) is 25.7. The number of fused-ring (bicyclic) bond motifs is 8. The van der Waals surface area contributed by atoms with Gasteiger partial charge >= 0.3 is 0 Å². The zero-order valence-electron chi connectivity index (χ0n) is 28.1. The van der Waals surface area contributed by atoms with Crippen molar-refractivity contribution in [3.8, 4) is 11.1 Å². The number of aliphatic imine (C=N–C) groups is 2. The van der Waals surface area contributed by atoms with Gasteiger partial charge in [-0.05, 0) is 51.4 Å². The summed E-state index contributed by atoms with van der Waals surface area (Å²) in [5.74, 6) is 0.932. The van der Waals surface area contributed by atoms with Crippen molar-refractivity contribution >= 4 is 77.1 Å². The molecule has 10 rings (SSSR count). The minimum absolute atomic E-state index is 0.364. The number of hydrogen-bond donors (Lipinski definition) is 1. The summed E-state index contributed by atoms with van der Waals surface area (Å²) in [4.78, 5) is 10.2. The number of hydrogen-bond acceptors (Lipinski definition) is 3. The quantitative estimate of drug-likeness (QED) is 0.146. The van der Waals surface area contributed by atoms with E-state index >= 15 is 0 Å². The molecule has 0 atom stereocenters. The Morgan fingerprint density at radius 2 is 1.10 bits per heavy atom. The lowest BCUT2D eigenvalue weighted by Gasteiger charge is -2.08. The second kappa shape index (κ2) is 12.1. The van der Waals surface area contributed by atoms with Gasteiger partial charge in [0.05, 0.1) is 6.54 Å². The van der Waals surface area contributed by atoms with Crippen LogP contribution >= 0.6 is 0 Å². The van der Waals surface area contributed by atoms with Crippen molar-refractivity contribution in [2.75, 3.05) is 0 Å². The van der Waals surface area contributed by atoms with Crippen molar-refractivity contribution in [3.63, 3.8) is 0 Å². The zero-order chi connectivity index (χ0) is 34.6. The SMILES string of the molecule is N/C(=N\C(=N/Cc1ccc2ccccc2c1)c1ccc2ccccc2c1)c1cccc2oc3c(-c4cccc5c4oc4ccccc45)cccc3c12. The Bertz CT molecular complexity index is 3070. The molecular formula is C47H31N3O2. The first-order valence-electron chi connectivity index (χ1n) is 17.4. The third-order valence-electron chi connectivity index (χ3n) is 9.95. The van der Waals surface area contributed by atoms with Gasteiger partial charge in [-0.1, -0.05) is 140 Å². The molecule has 246 valence electrons. The lowest BCUT2D eigenvalue weighted by molar-refractivity contribution is 0.665. The summed E-state index contributed by atoms with van der Waals surface area (Å²) < 4.78 is 13.1. The Balaban J connectivity index is 1.11. The van der Waals surface area contributed by atoms with Crippen LogP contribution in [-0.2, 0) is 6.54 Å². The van der Waals surface area contributed by atoms with E-state index in [4.69, 9.17) is 24.6 Å². The van der Waals surface area contributed by atoms with Gasteiger partial charge in [-0.25, -0.2) is 4.99 Å². The van der Waals surface area contributed by atoms with E-state index in [1.54, 1.807) is 0 Å². The fourth-order valence-corrected chi connectivity index (χ4v) is 7.43. The van der Waals surface area contributed by atoms with Gasteiger partial charge in [0.1, 0.15) is 28.2 Å². The van der Waals surface area contributed by atoms with Gasteiger partial charge in [-0.15, -0.1) is 0 Å². The minimum Gasteiger partial charge on any atom is -0.455 e. The summed E-state index contributed by atoms with van der Waals surface area (Å²) in [7, 11) is 0. The molecule has 0 aliphatic rings. The monoisotopic (exact) mass is 669 g/mol. The summed E-state index contributed by atoms with van der Waals surface area (Å²) in [5, 5.41) is 8.67. The smallest absolute Gasteiger partial charge is 0.157 e. The molecule has 2 N–H and O–H groups in total. The summed E-state index contributed by atoms with van der Waals surface area (Å²) in [6, 6.07) is 56.0. The van der Waals surface area contributed by atoms with Crippen LogP contribution in [0.1, 0.15) is 16.7 Å². The third kappa shape index (κ3) is 5.02. The van der Waals surface area contributed by atoms with E-state index < -0.39 is 0 Å². The van der Waals surface area contributed by atoms with Crippen LogP contribution in [0.5, 0.6) is 0 Å². The van der Waals surface area contributed by atoms with Crippen LogP contribution in [0.4, 0.5) is 0 Å². The average Bonchev–Trinajstić information content (AvgIpc) is 3.78. The molecule has 0 amide bonds. The highest BCUT2D eigenvalue weighted by atomic mass is 16.3. The van der Waals surface area contributed by atoms with Gasteiger partial charge in [0.25, 0.3) is 0 Å². The highest BCUT2D eigenvalue weighted by Gasteiger charge is 2.20. The number of furan rings is 2. The Labute approximate surface area is 299 Å². The van der Waals surface area contributed by atoms with Crippen molar-refractivity contribution in [2.45, 2.75) is 6.54 Å². The van der Waals surface area contributed by atoms with Gasteiger partial charge < -0.3 is 14.6 Å². The van der Waals surface area contributed by atoms with E-state index in [1.807, 2.05) is 48.5 Å². The molecule has 0 saturated heterocycles. The fourth-order valence-electron chi connectivity index (χ4n) is 7.43. The fraction of sp³-hybridized carbons (Fsp3) is 0.0213. The molecule has 0 spiro atoms. The number of nitrogens with zero attached hydrogens (tertiary/aromatic N) is 2. The first kappa shape index (κ1) is 29.9. The highest BCUT2D eigenvalue weighted by molar-refractivity contribution is 6.22. The summed E-state index contributed by atoms with van der Waals surface area (Å²) in [5.41, 5.74) is 14.9. The summed E-state index contributed by atoms with van der Waals surface area (Å²) >= 11 is 0. The number of benzene rings is 8. The molecule has 0 radical (unpaired) electrons. The van der Waals surface area contributed by atoms with Crippen LogP contribution in [-0.4, -0.2) is 11.7 Å². The maximum atomic E-state index is 6.98. The van der Waals surface area contributed by atoms with Gasteiger partial charge in [-0.2, -0.15) is 0 Å². The number of rotatable bonds is 5. The van der Waals surface area contributed by atoms with E-state index in [2.05, 4.69) is 115 Å². The lowest BCUT2D eigenvalue weighted by Crippen LogP contribution is -2.17. The average molecular weight is 670 g/mol. The minimum atomic E-state index is 0.364. The predicted molar refractivity (Wildman–Crippen MR) is 215 cm³/mol. The van der Waals surface area contributed by atoms with Gasteiger partial charge in [-0.3, -0.25) is 4.99 Å². The Morgan fingerprint density at radius 3 is 1.90 bits per heavy atom. The lowest BCUT2D eigenvalue weighted by atomic mass is 9.98. The molecule has 2 aromatic heterocycles. The summed E-state index contributed by atoms with van der Waals surface area (Å²) in [6.07, 6.45) is 0. The molecule has 2 heterocycles. The number of nitrogens with two attached hydrogens (primary N) is 1. The van der Waals surface area contributed by atoms with Crippen LogP contribution in [0.15, 0.2) is 183 Å². The van der Waals surface area contributed by atoms with Crippen LogP contribution in [0.2, 0.25) is 0 Å². The van der Waals surface area contributed by atoms with Crippen molar-refractivity contribution in [3.05, 3.63) is 180 Å². The number of para-hydroxylation sites is 3. The highest BCUT2D eigenvalue weighted by Crippen LogP contribution is 2.41. The maximum Gasteiger partial charge on any atom is 0.157 e. The van der Waals surface area contributed by atoms with Crippen LogP contribution < -0.4 is 5.73 Å². The Hall–Kier alpha value is -6.98. The van der Waals surface area contributed by atoms with Crippen LogP contribution in [0, 0.1) is 0 Å². The molecule has 0 unspecified atom stereocenters. The largest absolute Gasteiger partial charge is 0.455 e. The predicted octanol–water partition coefficient (Wildman–Crippen LogP) is 11.8. The molecule has 5 nitrogen and oxygen atoms in total. The first-order valence-corrected chi connectivity index (χ1v) is 17.4. The van der Waals surface area contributed by atoms with Crippen molar-refractivity contribution in [1.29, 1.82) is 0 Å². The molecular weight excluding hydrogens is 639 g/mol. The molecule has 8 aromatic carbocycles. The topological polar surface area (TPSA) is 77.0 Å². The molecule has 10 aromatic rings. The van der Waals surface area contributed by atoms with Crippen molar-refractivity contribution in [1.82, 2.24) is 0 Å². The van der Waals surface area contributed by atoms with Gasteiger partial charge in [0, 0.05) is 43.8 Å². The van der Waals surface area contributed by atoms with E-state index in [9.17, 15) is 0 Å². The summed E-state index contributed by atoms with van der Waals surface area (Å²) in [6.45, 7) is 0.458. The van der Waals surface area contributed by atoms with Crippen LogP contribution in [0.25, 0.3) is 76.5 Å². The second-order valence-corrected chi connectivity index (χ2v) is 13.1. The van der Waals surface area contributed by atoms with Gasteiger partial charge in [0.2, 0.25) is 0 Å². The van der Waals surface area contributed by atoms with E-state index in [1.165, 1.54) is 10.8 Å². The van der Waals surface area contributed by atoms with E-state index in [0.29, 0.717) is 18.2 Å². The zero-order valence-corrected chi connectivity index (χ0v) is 28.1. The van der Waals surface area contributed by atoms with Gasteiger partial charge in [0.15, 0.2) is 5.84 Å². The number of amidine groups is 2. The Morgan fingerprint density at radius 1 is 0.500 bits per heavy atom. The van der Waals surface area contributed by atoms with Crippen molar-refractivity contribution < 1.29 is 8.83 Å². The van der Waals surface area contributed by atoms with E-state index in [0.717, 1.165) is 82.5 Å². The molecule has 0 fully saturated rings. The molecule has 0 saturated carbocycles.